The van der Waals surface area contributed by atoms with Crippen LogP contribution in [-0.4, -0.2) is 4.98 Å². The number of rotatable bonds is 1. The molecule has 14 heavy (non-hydrogen) atoms. The number of nitriles is 1. The maximum atomic E-state index is 8.66. The quantitative estimate of drug-likeness (QED) is 0.590. The molecule has 1 aromatic heterocycles. The van der Waals surface area contributed by atoms with Crippen LogP contribution in [0.25, 0.3) is 10.9 Å². The minimum Gasteiger partial charge on any atom is -0.358 e. The Labute approximate surface area is 90.9 Å². The molecule has 2 nitrogen and oxygen atoms in total. The van der Waals surface area contributed by atoms with Crippen molar-refractivity contribution in [1.29, 1.82) is 5.26 Å². The van der Waals surface area contributed by atoms with Crippen LogP contribution in [-0.2, 0) is 0 Å². The van der Waals surface area contributed by atoms with E-state index in [1.54, 1.807) is 0 Å². The molecule has 0 aliphatic rings. The molecule has 1 heterocycles. The number of aromatic nitrogens is 1. The standard InChI is InChI=1S/C10H7ClN2S/c1-6-10(14-5-12)8-4-7(11)2-3-9(8)13-6/h2-4,13H,1H3. The minimum absolute atomic E-state index is 0.691. The Kier molecular flexibility index (Phi) is 2.40. The fraction of sp³-hybridized carbons (Fsp3) is 0.100. The van der Waals surface area contributed by atoms with Gasteiger partial charge in [0.1, 0.15) is 5.40 Å². The maximum Gasteiger partial charge on any atom is 0.138 e. The first kappa shape index (κ1) is 9.45. The van der Waals surface area contributed by atoms with Crippen molar-refractivity contribution in [2.45, 2.75) is 11.8 Å². The second kappa shape index (κ2) is 3.56. The summed E-state index contributed by atoms with van der Waals surface area (Å²) in [5.41, 5.74) is 2.03. The average Bonchev–Trinajstić information content (AvgIpc) is 2.45. The molecule has 0 saturated carbocycles. The molecule has 1 aromatic carbocycles. The van der Waals surface area contributed by atoms with Gasteiger partial charge in [-0.3, -0.25) is 0 Å². The van der Waals surface area contributed by atoms with Gasteiger partial charge in [0, 0.05) is 21.6 Å². The number of aromatic amines is 1. The normalized spacial score (nSPS) is 10.4. The van der Waals surface area contributed by atoms with Crippen LogP contribution >= 0.6 is 23.4 Å². The summed E-state index contributed by atoms with van der Waals surface area (Å²) >= 11 is 7.06. The maximum absolute atomic E-state index is 8.66. The first-order valence-corrected chi connectivity index (χ1v) is 5.25. The summed E-state index contributed by atoms with van der Waals surface area (Å²) in [6.45, 7) is 1.95. The molecule has 2 rings (SSSR count). The van der Waals surface area contributed by atoms with Crippen LogP contribution in [0, 0.1) is 17.6 Å². The van der Waals surface area contributed by atoms with Gasteiger partial charge >= 0.3 is 0 Å². The van der Waals surface area contributed by atoms with Crippen LogP contribution < -0.4 is 0 Å². The number of nitrogens with one attached hydrogen (secondary N) is 1. The van der Waals surface area contributed by atoms with Gasteiger partial charge in [0.15, 0.2) is 0 Å². The number of aryl methyl sites for hydroxylation is 1. The summed E-state index contributed by atoms with van der Waals surface area (Å²) in [5.74, 6) is 0. The third-order valence-corrected chi connectivity index (χ3v) is 3.09. The van der Waals surface area contributed by atoms with E-state index < -0.39 is 0 Å². The highest BCUT2D eigenvalue weighted by Gasteiger charge is 2.08. The number of halogens is 1. The lowest BCUT2D eigenvalue weighted by Crippen LogP contribution is -1.70. The second-order valence-electron chi connectivity index (χ2n) is 2.96. The van der Waals surface area contributed by atoms with Gasteiger partial charge in [0.05, 0.1) is 4.90 Å². The summed E-state index contributed by atoms with van der Waals surface area (Å²) in [7, 11) is 0. The van der Waals surface area contributed by atoms with Crippen molar-refractivity contribution in [2.75, 3.05) is 0 Å². The molecule has 4 heteroatoms. The van der Waals surface area contributed by atoms with Gasteiger partial charge in [-0.1, -0.05) is 11.6 Å². The van der Waals surface area contributed by atoms with E-state index in [0.717, 1.165) is 33.3 Å². The molecule has 0 spiro atoms. The zero-order chi connectivity index (χ0) is 10.1. The highest BCUT2D eigenvalue weighted by molar-refractivity contribution is 8.04. The third-order valence-electron chi connectivity index (χ3n) is 2.04. The number of H-pyrrole nitrogens is 1. The lowest BCUT2D eigenvalue weighted by molar-refractivity contribution is 1.23. The average molecular weight is 223 g/mol. The Morgan fingerprint density at radius 2 is 2.29 bits per heavy atom. The van der Waals surface area contributed by atoms with E-state index in [1.807, 2.05) is 25.1 Å². The highest BCUT2D eigenvalue weighted by Crippen LogP contribution is 2.32. The summed E-state index contributed by atoms with van der Waals surface area (Å²) in [5, 5.41) is 12.4. The van der Waals surface area contributed by atoms with E-state index >= 15 is 0 Å². The monoisotopic (exact) mass is 222 g/mol. The molecule has 0 aliphatic carbocycles. The van der Waals surface area contributed by atoms with Gasteiger partial charge in [0.2, 0.25) is 0 Å². The van der Waals surface area contributed by atoms with E-state index in [-0.39, 0.29) is 0 Å². The van der Waals surface area contributed by atoms with Crippen LogP contribution in [0.2, 0.25) is 5.02 Å². The lowest BCUT2D eigenvalue weighted by atomic mass is 10.2. The predicted octanol–water partition coefficient (Wildman–Crippen LogP) is 3.70. The number of nitrogens with zero attached hydrogens (tertiary/aromatic N) is 1. The van der Waals surface area contributed by atoms with E-state index in [4.69, 9.17) is 16.9 Å². The molecule has 0 amide bonds. The van der Waals surface area contributed by atoms with Crippen LogP contribution in [0.4, 0.5) is 0 Å². The minimum atomic E-state index is 0.691. The Bertz CT molecular complexity index is 525. The molecule has 0 fully saturated rings. The zero-order valence-electron chi connectivity index (χ0n) is 7.47. The number of hydrogen-bond acceptors (Lipinski definition) is 2. The van der Waals surface area contributed by atoms with Crippen molar-refractivity contribution in [3.05, 3.63) is 28.9 Å². The molecule has 0 unspecified atom stereocenters. The first-order chi connectivity index (χ1) is 6.72. The Morgan fingerprint density at radius 3 is 3.00 bits per heavy atom. The lowest BCUT2D eigenvalue weighted by Gasteiger charge is -1.93. The molecule has 2 aromatic rings. The SMILES string of the molecule is Cc1[nH]c2ccc(Cl)cc2c1SC#N. The largest absolute Gasteiger partial charge is 0.358 e. The van der Waals surface area contributed by atoms with E-state index in [0.29, 0.717) is 5.02 Å². The van der Waals surface area contributed by atoms with Crippen molar-refractivity contribution in [1.82, 2.24) is 4.98 Å². The first-order valence-electron chi connectivity index (χ1n) is 4.06. The number of thioether (sulfide) groups is 1. The van der Waals surface area contributed by atoms with Crippen LogP contribution in [0.15, 0.2) is 23.1 Å². The van der Waals surface area contributed by atoms with Crippen LogP contribution in [0.1, 0.15) is 5.69 Å². The van der Waals surface area contributed by atoms with Crippen LogP contribution in [0.3, 0.4) is 0 Å². The second-order valence-corrected chi connectivity index (χ2v) is 4.19. The zero-order valence-corrected chi connectivity index (χ0v) is 9.04. The molecule has 0 saturated heterocycles. The number of hydrogen-bond donors (Lipinski definition) is 1. The van der Waals surface area contributed by atoms with Crippen LogP contribution in [0.5, 0.6) is 0 Å². The van der Waals surface area contributed by atoms with Gasteiger partial charge in [0.25, 0.3) is 0 Å². The smallest absolute Gasteiger partial charge is 0.138 e. The van der Waals surface area contributed by atoms with Crippen molar-refractivity contribution in [3.8, 4) is 5.40 Å². The molecule has 70 valence electrons. The molecule has 0 radical (unpaired) electrons. The Hall–Kier alpha value is -1.11. The van der Waals surface area contributed by atoms with Gasteiger partial charge in [-0.15, -0.1) is 0 Å². The van der Waals surface area contributed by atoms with Gasteiger partial charge in [-0.25, -0.2) is 0 Å². The molecule has 0 aliphatic heterocycles. The number of fused-ring (bicyclic) bond motifs is 1. The van der Waals surface area contributed by atoms with Crippen molar-refractivity contribution in [2.24, 2.45) is 0 Å². The fourth-order valence-electron chi connectivity index (χ4n) is 1.45. The van der Waals surface area contributed by atoms with Crippen molar-refractivity contribution >= 4 is 34.3 Å². The highest BCUT2D eigenvalue weighted by atomic mass is 35.5. The van der Waals surface area contributed by atoms with Crippen molar-refractivity contribution in [3.63, 3.8) is 0 Å². The topological polar surface area (TPSA) is 39.6 Å². The van der Waals surface area contributed by atoms with Crippen molar-refractivity contribution < 1.29 is 0 Å². The molecule has 1 N–H and O–H groups in total. The molecular weight excluding hydrogens is 216 g/mol. The van der Waals surface area contributed by atoms with E-state index in [9.17, 15) is 0 Å². The number of benzene rings is 1. The summed E-state index contributed by atoms with van der Waals surface area (Å²) in [4.78, 5) is 4.17. The molecular formula is C10H7ClN2S. The Morgan fingerprint density at radius 1 is 1.50 bits per heavy atom. The summed E-state index contributed by atoms with van der Waals surface area (Å²) < 4.78 is 0. The van der Waals surface area contributed by atoms with Gasteiger partial charge < -0.3 is 4.98 Å². The van der Waals surface area contributed by atoms with E-state index in [1.165, 1.54) is 0 Å². The predicted molar refractivity (Wildman–Crippen MR) is 59.5 cm³/mol. The molecule has 0 atom stereocenters. The van der Waals surface area contributed by atoms with E-state index in [2.05, 4.69) is 10.4 Å². The Balaban J connectivity index is 2.74. The summed E-state index contributed by atoms with van der Waals surface area (Å²) in [6.07, 6.45) is 0. The number of thiocyanates is 1. The van der Waals surface area contributed by atoms with Gasteiger partial charge in [-0.2, -0.15) is 5.26 Å². The van der Waals surface area contributed by atoms with Gasteiger partial charge in [-0.05, 0) is 36.9 Å². The fourth-order valence-corrected chi connectivity index (χ4v) is 2.20. The summed E-state index contributed by atoms with van der Waals surface area (Å²) in [6, 6.07) is 5.63. The third kappa shape index (κ3) is 1.47. The molecule has 0 bridgehead atoms.